The molecular weight excluding hydrogens is 456 g/mol. The lowest BCUT2D eigenvalue weighted by Crippen LogP contribution is -2.31. The number of aromatic amines is 2. The molecule has 6 rings (SSSR count). The van der Waals surface area contributed by atoms with Crippen molar-refractivity contribution in [1.82, 2.24) is 19.7 Å². The molecule has 2 aromatic heterocycles. The summed E-state index contributed by atoms with van der Waals surface area (Å²) in [4.78, 5) is 31.4. The summed E-state index contributed by atoms with van der Waals surface area (Å²) in [5, 5.41) is 10.2. The lowest BCUT2D eigenvalue weighted by atomic mass is 9.85. The Morgan fingerprint density at radius 1 is 1.14 bits per heavy atom. The number of aryl methyl sites for hydroxylation is 1. The van der Waals surface area contributed by atoms with Crippen LogP contribution in [-0.2, 0) is 17.9 Å². The van der Waals surface area contributed by atoms with Gasteiger partial charge in [0.2, 0.25) is 5.91 Å². The smallest absolute Gasteiger partial charge is 0.326 e. The Balaban J connectivity index is 1.17. The van der Waals surface area contributed by atoms with Crippen molar-refractivity contribution in [3.63, 3.8) is 0 Å². The number of rotatable bonds is 5. The molecule has 186 valence electrons. The molecule has 0 spiro atoms. The van der Waals surface area contributed by atoms with Crippen LogP contribution in [0.4, 0.5) is 11.4 Å². The number of amides is 1. The van der Waals surface area contributed by atoms with E-state index < -0.39 is 0 Å². The number of hydrogen-bond donors (Lipinski definition) is 3. The van der Waals surface area contributed by atoms with Crippen molar-refractivity contribution in [3.8, 4) is 5.75 Å². The Labute approximate surface area is 208 Å². The van der Waals surface area contributed by atoms with E-state index in [0.29, 0.717) is 0 Å². The van der Waals surface area contributed by atoms with Crippen LogP contribution in [0.15, 0.2) is 47.4 Å². The van der Waals surface area contributed by atoms with Crippen LogP contribution in [0.5, 0.6) is 5.75 Å². The SMILES string of the molecule is COc1cc(NC(=O)C2CCC(n3c(=O)[nH]c4c(N5Cc6cn[nH]c6C5)cccc43)CC2)ccc1C. The minimum Gasteiger partial charge on any atom is -0.496 e. The van der Waals surface area contributed by atoms with Crippen LogP contribution in [0, 0.1) is 12.8 Å². The lowest BCUT2D eigenvalue weighted by Gasteiger charge is -2.28. The van der Waals surface area contributed by atoms with Gasteiger partial charge in [0.05, 0.1) is 42.3 Å². The van der Waals surface area contributed by atoms with Crippen LogP contribution in [-0.4, -0.2) is 32.8 Å². The van der Waals surface area contributed by atoms with E-state index in [0.717, 1.165) is 78.2 Å². The largest absolute Gasteiger partial charge is 0.496 e. The van der Waals surface area contributed by atoms with Gasteiger partial charge in [0.25, 0.3) is 0 Å². The number of imidazole rings is 1. The number of hydrogen-bond acceptors (Lipinski definition) is 5. The molecule has 36 heavy (non-hydrogen) atoms. The molecule has 0 atom stereocenters. The molecule has 2 aromatic carbocycles. The van der Waals surface area contributed by atoms with Crippen LogP contribution < -0.4 is 20.6 Å². The summed E-state index contributed by atoms with van der Waals surface area (Å²) in [6, 6.07) is 11.9. The summed E-state index contributed by atoms with van der Waals surface area (Å²) in [6.45, 7) is 3.49. The molecule has 0 radical (unpaired) electrons. The fourth-order valence-corrected chi connectivity index (χ4v) is 5.73. The molecule has 1 amide bonds. The first-order valence-corrected chi connectivity index (χ1v) is 12.5. The second-order valence-corrected chi connectivity index (χ2v) is 9.88. The Hall–Kier alpha value is -4.01. The number of anilines is 2. The van der Waals surface area contributed by atoms with Crippen molar-refractivity contribution < 1.29 is 9.53 Å². The maximum atomic E-state index is 13.1. The van der Waals surface area contributed by atoms with Crippen LogP contribution in [0.3, 0.4) is 0 Å². The normalized spacial score (nSPS) is 19.4. The molecule has 0 unspecified atom stereocenters. The summed E-state index contributed by atoms with van der Waals surface area (Å²) in [6.07, 6.45) is 4.92. The lowest BCUT2D eigenvalue weighted by molar-refractivity contribution is -0.121. The third-order valence-corrected chi connectivity index (χ3v) is 7.70. The summed E-state index contributed by atoms with van der Waals surface area (Å²) < 4.78 is 7.27. The van der Waals surface area contributed by atoms with E-state index in [1.807, 2.05) is 48.0 Å². The zero-order valence-corrected chi connectivity index (χ0v) is 20.5. The Morgan fingerprint density at radius 2 is 1.97 bits per heavy atom. The monoisotopic (exact) mass is 486 g/mol. The molecule has 1 saturated carbocycles. The number of nitrogens with zero attached hydrogens (tertiary/aromatic N) is 3. The molecule has 9 nitrogen and oxygen atoms in total. The maximum absolute atomic E-state index is 13.1. The summed E-state index contributed by atoms with van der Waals surface area (Å²) in [5.74, 6) is 0.713. The Bertz CT molecular complexity index is 1470. The molecule has 0 bridgehead atoms. The van der Waals surface area contributed by atoms with Crippen molar-refractivity contribution in [1.29, 1.82) is 0 Å². The fourth-order valence-electron chi connectivity index (χ4n) is 5.73. The highest BCUT2D eigenvalue weighted by Crippen LogP contribution is 2.36. The minimum absolute atomic E-state index is 0.0275. The van der Waals surface area contributed by atoms with Gasteiger partial charge < -0.3 is 19.9 Å². The number of methoxy groups -OCH3 is 1. The first-order chi connectivity index (χ1) is 17.5. The predicted molar refractivity (Wildman–Crippen MR) is 138 cm³/mol. The molecule has 2 aliphatic rings. The molecule has 1 aliphatic heterocycles. The third kappa shape index (κ3) is 3.84. The predicted octanol–water partition coefficient (Wildman–Crippen LogP) is 4.26. The quantitative estimate of drug-likeness (QED) is 0.391. The van der Waals surface area contributed by atoms with E-state index in [4.69, 9.17) is 4.74 Å². The summed E-state index contributed by atoms with van der Waals surface area (Å²) >= 11 is 0. The van der Waals surface area contributed by atoms with Gasteiger partial charge in [-0.25, -0.2) is 4.79 Å². The standard InChI is InChI=1S/C27H30N6O3/c1-16-6-9-19(12-24(16)36-2)29-26(34)17-7-10-20(11-8-17)33-23-5-3-4-22(25(23)30-27(33)35)32-14-18-13-28-31-21(18)15-32/h3-6,9,12-13,17,20H,7-8,10-11,14-15H2,1-2H3,(H,28,31)(H,29,34)(H,30,35). The number of ether oxygens (including phenoxy) is 1. The van der Waals surface area contributed by atoms with Gasteiger partial charge >= 0.3 is 5.69 Å². The van der Waals surface area contributed by atoms with E-state index in [1.165, 1.54) is 5.56 Å². The molecule has 4 aromatic rings. The van der Waals surface area contributed by atoms with Gasteiger partial charge in [-0.3, -0.25) is 14.5 Å². The topological polar surface area (TPSA) is 108 Å². The minimum atomic E-state index is -0.0866. The number of aromatic nitrogens is 4. The van der Waals surface area contributed by atoms with Gasteiger partial charge in [0.15, 0.2) is 0 Å². The molecule has 3 N–H and O–H groups in total. The van der Waals surface area contributed by atoms with Crippen LogP contribution in [0.1, 0.15) is 48.5 Å². The van der Waals surface area contributed by atoms with Gasteiger partial charge in [-0.05, 0) is 56.4 Å². The highest BCUT2D eigenvalue weighted by atomic mass is 16.5. The van der Waals surface area contributed by atoms with Gasteiger partial charge in [0, 0.05) is 35.8 Å². The zero-order valence-electron chi connectivity index (χ0n) is 20.5. The number of para-hydroxylation sites is 1. The second kappa shape index (κ2) is 8.89. The number of carbonyl (C=O) groups is 1. The maximum Gasteiger partial charge on any atom is 0.326 e. The van der Waals surface area contributed by atoms with E-state index in [9.17, 15) is 9.59 Å². The molecule has 0 saturated heterocycles. The Morgan fingerprint density at radius 3 is 2.75 bits per heavy atom. The van der Waals surface area contributed by atoms with Crippen LogP contribution in [0.25, 0.3) is 11.0 Å². The van der Waals surface area contributed by atoms with Crippen molar-refractivity contribution in [2.45, 2.75) is 51.7 Å². The summed E-state index contributed by atoms with van der Waals surface area (Å²) in [7, 11) is 1.63. The molecule has 3 heterocycles. The van der Waals surface area contributed by atoms with Gasteiger partial charge in [-0.15, -0.1) is 0 Å². The van der Waals surface area contributed by atoms with Crippen molar-refractivity contribution >= 4 is 28.3 Å². The molecule has 1 fully saturated rings. The number of nitrogens with one attached hydrogen (secondary N) is 3. The fraction of sp³-hybridized carbons (Fsp3) is 0.370. The zero-order chi connectivity index (χ0) is 24.8. The van der Waals surface area contributed by atoms with E-state index in [1.54, 1.807) is 7.11 Å². The van der Waals surface area contributed by atoms with Gasteiger partial charge in [-0.2, -0.15) is 5.10 Å². The first kappa shape index (κ1) is 22.5. The van der Waals surface area contributed by atoms with Crippen LogP contribution in [0.2, 0.25) is 0 Å². The average Bonchev–Trinajstić information content (AvgIpc) is 3.58. The van der Waals surface area contributed by atoms with Gasteiger partial charge in [0.1, 0.15) is 5.75 Å². The van der Waals surface area contributed by atoms with E-state index in [-0.39, 0.29) is 23.6 Å². The molecular formula is C27H30N6O3. The Kier molecular flexibility index (Phi) is 5.55. The first-order valence-electron chi connectivity index (χ1n) is 12.5. The number of fused-ring (bicyclic) bond motifs is 2. The van der Waals surface area contributed by atoms with Crippen molar-refractivity contribution in [2.24, 2.45) is 5.92 Å². The van der Waals surface area contributed by atoms with E-state index in [2.05, 4.69) is 31.5 Å². The number of benzene rings is 2. The third-order valence-electron chi connectivity index (χ3n) is 7.70. The molecule has 1 aliphatic carbocycles. The average molecular weight is 487 g/mol. The van der Waals surface area contributed by atoms with Gasteiger partial charge in [-0.1, -0.05) is 12.1 Å². The second-order valence-electron chi connectivity index (χ2n) is 9.88. The highest BCUT2D eigenvalue weighted by molar-refractivity contribution is 5.93. The number of H-pyrrole nitrogens is 2. The number of carbonyl (C=O) groups excluding carboxylic acids is 1. The van der Waals surface area contributed by atoms with Crippen molar-refractivity contribution in [2.75, 3.05) is 17.3 Å². The van der Waals surface area contributed by atoms with Crippen molar-refractivity contribution in [3.05, 3.63) is 69.9 Å². The van der Waals surface area contributed by atoms with Crippen LogP contribution >= 0.6 is 0 Å². The molecule has 9 heteroatoms. The summed E-state index contributed by atoms with van der Waals surface area (Å²) in [5.41, 5.74) is 6.81. The highest BCUT2D eigenvalue weighted by Gasteiger charge is 2.30. The van der Waals surface area contributed by atoms with E-state index >= 15 is 0 Å².